The Balaban J connectivity index is 1.61. The van der Waals surface area contributed by atoms with Crippen molar-refractivity contribution < 1.29 is 14.3 Å². The minimum atomic E-state index is -1.16. The lowest BCUT2D eigenvalue weighted by Gasteiger charge is -2.41. The lowest BCUT2D eigenvalue weighted by Crippen LogP contribution is -2.61. The van der Waals surface area contributed by atoms with Crippen molar-refractivity contribution in [2.75, 3.05) is 26.7 Å². The summed E-state index contributed by atoms with van der Waals surface area (Å²) in [7, 11) is 1.59. The Labute approximate surface area is 181 Å². The molecule has 0 unspecified atom stereocenters. The summed E-state index contributed by atoms with van der Waals surface area (Å²) < 4.78 is 6.05. The second-order valence-electron chi connectivity index (χ2n) is 7.50. The van der Waals surface area contributed by atoms with Crippen LogP contribution in [0.15, 0.2) is 73.3 Å². The van der Waals surface area contributed by atoms with E-state index in [9.17, 15) is 9.59 Å². The lowest BCUT2D eigenvalue weighted by molar-refractivity contribution is -0.156. The van der Waals surface area contributed by atoms with Gasteiger partial charge in [-0.2, -0.15) is 0 Å². The van der Waals surface area contributed by atoms with Gasteiger partial charge in [0.2, 0.25) is 0 Å². The van der Waals surface area contributed by atoms with E-state index in [1.54, 1.807) is 48.9 Å². The van der Waals surface area contributed by atoms with Crippen LogP contribution in [0.25, 0.3) is 11.1 Å². The predicted molar refractivity (Wildman–Crippen MR) is 116 cm³/mol. The molecule has 3 heterocycles. The number of carbonyl (C=O) groups is 2. The third kappa shape index (κ3) is 4.46. The third-order valence-corrected chi connectivity index (χ3v) is 5.45. The number of carbonyl (C=O) groups excluding carboxylic acids is 2. The number of nitrogens with one attached hydrogen (secondary N) is 1. The summed E-state index contributed by atoms with van der Waals surface area (Å²) in [5, 5.41) is 2.72. The number of hydrogen-bond donors (Lipinski definition) is 1. The summed E-state index contributed by atoms with van der Waals surface area (Å²) >= 11 is 0. The highest BCUT2D eigenvalue weighted by Crippen LogP contribution is 2.27. The van der Waals surface area contributed by atoms with Crippen molar-refractivity contribution >= 4 is 11.8 Å². The Morgan fingerprint density at radius 3 is 2.61 bits per heavy atom. The average Bonchev–Trinajstić information content (AvgIpc) is 2.84. The predicted octanol–water partition coefficient (Wildman–Crippen LogP) is 2.34. The first-order chi connectivity index (χ1) is 15.1. The van der Waals surface area contributed by atoms with Crippen LogP contribution in [0, 0.1) is 0 Å². The molecule has 1 saturated heterocycles. The number of nitrogens with zero attached hydrogens (tertiary/aromatic N) is 3. The Morgan fingerprint density at radius 1 is 1.06 bits per heavy atom. The van der Waals surface area contributed by atoms with Crippen molar-refractivity contribution in [2.45, 2.75) is 12.0 Å². The molecule has 7 heteroatoms. The standard InChI is InChI=1S/C24H24N4O3/c1-25-23(30)24(15-18-4-2-5-20(14-18)21-6-3-9-27-16-21)17-28(12-13-31-24)22(29)19-7-10-26-11-8-19/h2-11,14,16H,12-13,15,17H2,1H3,(H,25,30)/t24-/m1/s1. The molecule has 31 heavy (non-hydrogen) atoms. The summed E-state index contributed by atoms with van der Waals surface area (Å²) in [6, 6.07) is 15.2. The molecule has 158 valence electrons. The minimum absolute atomic E-state index is 0.136. The Bertz CT molecular complexity index is 1060. The van der Waals surface area contributed by atoms with Crippen molar-refractivity contribution in [3.63, 3.8) is 0 Å². The van der Waals surface area contributed by atoms with Crippen LogP contribution < -0.4 is 5.32 Å². The van der Waals surface area contributed by atoms with Crippen molar-refractivity contribution in [1.82, 2.24) is 20.2 Å². The number of rotatable bonds is 5. The van der Waals surface area contributed by atoms with E-state index in [1.807, 2.05) is 36.4 Å². The first-order valence-corrected chi connectivity index (χ1v) is 10.2. The van der Waals surface area contributed by atoms with E-state index in [0.29, 0.717) is 18.5 Å². The zero-order valence-corrected chi connectivity index (χ0v) is 17.3. The molecule has 2 amide bonds. The second kappa shape index (κ2) is 9.06. The first kappa shape index (κ1) is 20.7. The van der Waals surface area contributed by atoms with Gasteiger partial charge in [0.25, 0.3) is 11.8 Å². The highest BCUT2D eigenvalue weighted by Gasteiger charge is 2.44. The molecule has 0 bridgehead atoms. The van der Waals surface area contributed by atoms with Gasteiger partial charge in [-0.15, -0.1) is 0 Å². The molecule has 3 aromatic rings. The van der Waals surface area contributed by atoms with E-state index in [4.69, 9.17) is 4.74 Å². The van der Waals surface area contributed by atoms with Gasteiger partial charge in [-0.1, -0.05) is 30.3 Å². The number of likely N-dealkylation sites (N-methyl/N-ethyl adjacent to an activating group) is 1. The molecule has 0 aliphatic carbocycles. The largest absolute Gasteiger partial charge is 0.361 e. The normalized spacial score (nSPS) is 18.4. The number of pyridine rings is 2. The zero-order valence-electron chi connectivity index (χ0n) is 17.3. The van der Waals surface area contributed by atoms with E-state index in [1.165, 1.54) is 0 Å². The topological polar surface area (TPSA) is 84.4 Å². The molecular formula is C24H24N4O3. The van der Waals surface area contributed by atoms with Crippen LogP contribution in [0.4, 0.5) is 0 Å². The lowest BCUT2D eigenvalue weighted by atomic mass is 9.89. The highest BCUT2D eigenvalue weighted by molar-refractivity contribution is 5.95. The van der Waals surface area contributed by atoms with Gasteiger partial charge in [-0.3, -0.25) is 19.6 Å². The smallest absolute Gasteiger partial charge is 0.254 e. The number of ether oxygens (including phenoxy) is 1. The molecule has 7 nitrogen and oxygen atoms in total. The monoisotopic (exact) mass is 416 g/mol. The third-order valence-electron chi connectivity index (χ3n) is 5.45. The fraction of sp³-hybridized carbons (Fsp3) is 0.250. The minimum Gasteiger partial charge on any atom is -0.361 e. The van der Waals surface area contributed by atoms with Gasteiger partial charge in [-0.05, 0) is 34.9 Å². The molecule has 2 aromatic heterocycles. The number of amides is 2. The van der Waals surface area contributed by atoms with Gasteiger partial charge in [-0.25, -0.2) is 0 Å². The van der Waals surface area contributed by atoms with Crippen molar-refractivity contribution in [3.05, 3.63) is 84.4 Å². The number of benzene rings is 1. The SMILES string of the molecule is CNC(=O)[C@@]1(Cc2cccc(-c3cccnc3)c2)CN(C(=O)c2ccncc2)CCO1. The van der Waals surface area contributed by atoms with E-state index in [-0.39, 0.29) is 25.0 Å². The summed E-state index contributed by atoms with van der Waals surface area (Å²) in [5.74, 6) is -0.380. The van der Waals surface area contributed by atoms with Crippen LogP contribution in [0.1, 0.15) is 15.9 Å². The molecular weight excluding hydrogens is 392 g/mol. The molecule has 0 spiro atoms. The van der Waals surface area contributed by atoms with Crippen LogP contribution >= 0.6 is 0 Å². The Hall–Kier alpha value is -3.58. The quantitative estimate of drug-likeness (QED) is 0.690. The van der Waals surface area contributed by atoms with Crippen LogP contribution in [0.5, 0.6) is 0 Å². The van der Waals surface area contributed by atoms with Gasteiger partial charge in [0.1, 0.15) is 0 Å². The van der Waals surface area contributed by atoms with E-state index < -0.39 is 5.60 Å². The molecule has 0 radical (unpaired) electrons. The fourth-order valence-corrected chi connectivity index (χ4v) is 3.91. The number of hydrogen-bond acceptors (Lipinski definition) is 5. The Kier molecular flexibility index (Phi) is 6.04. The average molecular weight is 416 g/mol. The summed E-state index contributed by atoms with van der Waals surface area (Å²) in [5.41, 5.74) is 2.34. The molecule has 1 fully saturated rings. The van der Waals surface area contributed by atoms with Crippen molar-refractivity contribution in [1.29, 1.82) is 0 Å². The molecule has 4 rings (SSSR count). The molecule has 0 saturated carbocycles. The summed E-state index contributed by atoms with van der Waals surface area (Å²) in [4.78, 5) is 35.8. The maximum absolute atomic E-state index is 13.0. The van der Waals surface area contributed by atoms with Crippen LogP contribution in [-0.4, -0.2) is 59.0 Å². The summed E-state index contributed by atoms with van der Waals surface area (Å²) in [6.07, 6.45) is 7.06. The fourth-order valence-electron chi connectivity index (χ4n) is 3.91. The number of morpholine rings is 1. The number of aromatic nitrogens is 2. The second-order valence-corrected chi connectivity index (χ2v) is 7.50. The van der Waals surface area contributed by atoms with Gasteiger partial charge < -0.3 is 15.0 Å². The molecule has 1 aliphatic heterocycles. The van der Waals surface area contributed by atoms with Crippen LogP contribution in [-0.2, 0) is 16.0 Å². The van der Waals surface area contributed by atoms with Gasteiger partial charge in [0.15, 0.2) is 5.60 Å². The zero-order chi connectivity index (χ0) is 21.7. The summed E-state index contributed by atoms with van der Waals surface area (Å²) in [6.45, 7) is 0.882. The Morgan fingerprint density at radius 2 is 1.87 bits per heavy atom. The van der Waals surface area contributed by atoms with Crippen molar-refractivity contribution in [2.24, 2.45) is 0 Å². The molecule has 1 N–H and O–H groups in total. The van der Waals surface area contributed by atoms with Gasteiger partial charge in [0.05, 0.1) is 13.2 Å². The first-order valence-electron chi connectivity index (χ1n) is 10.2. The van der Waals surface area contributed by atoms with E-state index in [0.717, 1.165) is 16.7 Å². The molecule has 1 aliphatic rings. The molecule has 1 atom stereocenters. The van der Waals surface area contributed by atoms with Crippen LogP contribution in [0.3, 0.4) is 0 Å². The highest BCUT2D eigenvalue weighted by atomic mass is 16.5. The van der Waals surface area contributed by atoms with Crippen LogP contribution in [0.2, 0.25) is 0 Å². The van der Waals surface area contributed by atoms with E-state index >= 15 is 0 Å². The molecule has 1 aromatic carbocycles. The van der Waals surface area contributed by atoms with Crippen molar-refractivity contribution in [3.8, 4) is 11.1 Å². The van der Waals surface area contributed by atoms with Gasteiger partial charge >= 0.3 is 0 Å². The maximum Gasteiger partial charge on any atom is 0.254 e. The maximum atomic E-state index is 13.0. The van der Waals surface area contributed by atoms with E-state index in [2.05, 4.69) is 15.3 Å². The van der Waals surface area contributed by atoms with Gasteiger partial charge in [0, 0.05) is 50.4 Å².